The average molecular weight is 787 g/mol. The molecule has 58 heavy (non-hydrogen) atoms. The van der Waals surface area contributed by atoms with Gasteiger partial charge < -0.3 is 19.4 Å². The number of carbonyl (C=O) groups is 3. The normalized spacial score (nSPS) is 14.8. The third-order valence-electron chi connectivity index (χ3n) is 10.2. The van der Waals surface area contributed by atoms with E-state index in [1.807, 2.05) is 54.4 Å². The van der Waals surface area contributed by atoms with Gasteiger partial charge in [0.2, 0.25) is 0 Å². The molecular weight excluding hydrogens is 743 g/mol. The minimum atomic E-state index is -0.335. The first kappa shape index (κ1) is 39.7. The largest absolute Gasteiger partial charge is 0.466 e. The number of aromatic nitrogens is 5. The van der Waals surface area contributed by atoms with E-state index in [0.717, 1.165) is 35.6 Å². The zero-order valence-electron chi connectivity index (χ0n) is 32.4. The van der Waals surface area contributed by atoms with E-state index in [2.05, 4.69) is 20.1 Å². The predicted molar refractivity (Wildman–Crippen MR) is 214 cm³/mol. The Morgan fingerprint density at radius 2 is 1.16 bits per heavy atom. The van der Waals surface area contributed by atoms with Crippen LogP contribution in [-0.4, -0.2) is 110 Å². The summed E-state index contributed by atoms with van der Waals surface area (Å²) >= 11 is 0. The van der Waals surface area contributed by atoms with Gasteiger partial charge in [-0.25, -0.2) is 18.1 Å². The Bertz CT molecular complexity index is 2320. The zero-order valence-corrected chi connectivity index (χ0v) is 32.4. The molecule has 0 saturated carbocycles. The summed E-state index contributed by atoms with van der Waals surface area (Å²) in [7, 11) is 2.05. The van der Waals surface area contributed by atoms with Crippen LogP contribution < -0.4 is 0 Å². The van der Waals surface area contributed by atoms with Gasteiger partial charge in [0.15, 0.2) is 11.4 Å². The summed E-state index contributed by atoms with van der Waals surface area (Å²) in [4.78, 5) is 48.0. The highest BCUT2D eigenvalue weighted by Gasteiger charge is 2.30. The van der Waals surface area contributed by atoms with Crippen molar-refractivity contribution in [3.05, 3.63) is 139 Å². The fourth-order valence-electron chi connectivity index (χ4n) is 6.98. The summed E-state index contributed by atoms with van der Waals surface area (Å²) in [6, 6.07) is 29.0. The summed E-state index contributed by atoms with van der Waals surface area (Å²) in [5.74, 6) is -1.28. The van der Waals surface area contributed by atoms with E-state index in [1.54, 1.807) is 70.0 Å². The molecule has 12 nitrogen and oxygen atoms in total. The molecule has 2 fully saturated rings. The highest BCUT2D eigenvalue weighted by atomic mass is 19.1. The van der Waals surface area contributed by atoms with Gasteiger partial charge in [-0.2, -0.15) is 10.2 Å². The summed E-state index contributed by atoms with van der Waals surface area (Å²) < 4.78 is 35.2. The summed E-state index contributed by atoms with van der Waals surface area (Å²) in [5, 5.41) is 9.10. The predicted octanol–water partition coefficient (Wildman–Crippen LogP) is 6.55. The molecule has 2 aliphatic rings. The topological polar surface area (TPSA) is 119 Å². The number of likely N-dealkylation sites (N-methyl/N-ethyl adjacent to an activating group) is 1. The smallest absolute Gasteiger partial charge is 0.309 e. The number of carbonyl (C=O) groups excluding carboxylic acids is 3. The number of nitrogens with zero attached hydrogens (tertiary/aromatic N) is 8. The Morgan fingerprint density at radius 3 is 1.66 bits per heavy atom. The standard InChI is InChI=1S/C24H24FN3O3.C20H20FN5O/c1-2-31-24(30)18-12-14-27(15-13-18)23(29)21-16-22(17-6-4-3-5-7-17)28(26-21)20-10-8-19(25)9-11-20;1-24-9-11-25(12-10-24)20(27)18-13-19(15-3-2-8-22-14-15)26(23-18)17-6-4-16(21)5-7-17/h3-11,16,18H,2,12-15H2,1H3;2-8,13-14H,9-12H2,1H3. The van der Waals surface area contributed by atoms with Gasteiger partial charge in [0.1, 0.15) is 11.6 Å². The Balaban J connectivity index is 0.000000178. The van der Waals surface area contributed by atoms with Gasteiger partial charge >= 0.3 is 5.97 Å². The average Bonchev–Trinajstić information content (AvgIpc) is 3.92. The number of benzene rings is 3. The van der Waals surface area contributed by atoms with Crippen molar-refractivity contribution in [1.29, 1.82) is 0 Å². The lowest BCUT2D eigenvalue weighted by Crippen LogP contribution is -2.47. The third kappa shape index (κ3) is 9.18. The minimum Gasteiger partial charge on any atom is -0.466 e. The van der Waals surface area contributed by atoms with Crippen LogP contribution in [0.15, 0.2) is 116 Å². The Kier molecular flexibility index (Phi) is 12.4. The lowest BCUT2D eigenvalue weighted by molar-refractivity contribution is -0.149. The molecule has 0 radical (unpaired) electrons. The second-order valence-corrected chi connectivity index (χ2v) is 14.1. The number of amides is 2. The molecule has 8 rings (SSSR count). The molecule has 3 aromatic heterocycles. The van der Waals surface area contributed by atoms with E-state index >= 15 is 0 Å². The van der Waals surface area contributed by atoms with Gasteiger partial charge in [-0.05, 0) is 99.6 Å². The molecule has 0 atom stereocenters. The van der Waals surface area contributed by atoms with Crippen LogP contribution in [0.4, 0.5) is 8.78 Å². The Hall–Kier alpha value is -6.54. The maximum Gasteiger partial charge on any atom is 0.309 e. The maximum atomic E-state index is 13.4. The molecule has 14 heteroatoms. The molecule has 6 aromatic rings. The van der Waals surface area contributed by atoms with Gasteiger partial charge in [-0.15, -0.1) is 0 Å². The van der Waals surface area contributed by atoms with E-state index in [4.69, 9.17) is 4.74 Å². The first-order valence-corrected chi connectivity index (χ1v) is 19.3. The number of rotatable bonds is 8. The van der Waals surface area contributed by atoms with Crippen LogP contribution in [-0.2, 0) is 9.53 Å². The van der Waals surface area contributed by atoms with Crippen LogP contribution in [0, 0.1) is 17.6 Å². The van der Waals surface area contributed by atoms with Crippen molar-refractivity contribution < 1.29 is 27.9 Å². The zero-order chi connectivity index (χ0) is 40.6. The van der Waals surface area contributed by atoms with Crippen molar-refractivity contribution in [1.82, 2.24) is 39.2 Å². The maximum absolute atomic E-state index is 13.4. The minimum absolute atomic E-state index is 0.0888. The number of piperazine rings is 1. The highest BCUT2D eigenvalue weighted by molar-refractivity contribution is 5.94. The summed E-state index contributed by atoms with van der Waals surface area (Å²) in [6.45, 7) is 6.17. The highest BCUT2D eigenvalue weighted by Crippen LogP contribution is 2.27. The quantitative estimate of drug-likeness (QED) is 0.160. The van der Waals surface area contributed by atoms with Gasteiger partial charge in [0.05, 0.1) is 35.3 Å². The molecule has 0 aliphatic carbocycles. The van der Waals surface area contributed by atoms with Crippen molar-refractivity contribution in [2.45, 2.75) is 19.8 Å². The van der Waals surface area contributed by atoms with Gasteiger partial charge in [0.25, 0.3) is 11.8 Å². The molecule has 298 valence electrons. The lowest BCUT2D eigenvalue weighted by Gasteiger charge is -2.31. The van der Waals surface area contributed by atoms with Crippen molar-refractivity contribution >= 4 is 17.8 Å². The molecule has 2 amide bonds. The van der Waals surface area contributed by atoms with Crippen LogP contribution in [0.5, 0.6) is 0 Å². The summed E-state index contributed by atoms with van der Waals surface area (Å²) in [6.07, 6.45) is 4.57. The SMILES string of the molecule is CCOC(=O)C1CCN(C(=O)c2cc(-c3ccccc3)n(-c3ccc(F)cc3)n2)CC1.CN1CCN(C(=O)c2cc(-c3cccnc3)n(-c3ccc(F)cc3)n2)CC1. The third-order valence-corrected chi connectivity index (χ3v) is 10.2. The van der Waals surface area contributed by atoms with Crippen LogP contribution >= 0.6 is 0 Å². The van der Waals surface area contributed by atoms with Crippen LogP contribution in [0.3, 0.4) is 0 Å². The monoisotopic (exact) mass is 786 g/mol. The Morgan fingerprint density at radius 1 is 0.655 bits per heavy atom. The molecule has 0 unspecified atom stereocenters. The van der Waals surface area contributed by atoms with Crippen LogP contribution in [0.2, 0.25) is 0 Å². The molecule has 2 aliphatic heterocycles. The second kappa shape index (κ2) is 18.2. The van der Waals surface area contributed by atoms with E-state index in [0.29, 0.717) is 68.4 Å². The Labute approximate surface area is 335 Å². The van der Waals surface area contributed by atoms with Gasteiger partial charge in [-0.3, -0.25) is 19.4 Å². The summed E-state index contributed by atoms with van der Waals surface area (Å²) in [5.41, 5.74) is 5.28. The van der Waals surface area contributed by atoms with E-state index in [-0.39, 0.29) is 35.3 Å². The molecular formula is C44H44F2N8O4. The number of hydrogen-bond donors (Lipinski definition) is 0. The number of hydrogen-bond acceptors (Lipinski definition) is 8. The van der Waals surface area contributed by atoms with Crippen LogP contribution in [0.25, 0.3) is 33.9 Å². The number of piperidine rings is 1. The molecule has 0 bridgehead atoms. The van der Waals surface area contributed by atoms with Gasteiger partial charge in [0, 0.05) is 62.8 Å². The van der Waals surface area contributed by atoms with Crippen molar-refractivity contribution in [2.75, 3.05) is 52.9 Å². The fourth-order valence-corrected chi connectivity index (χ4v) is 6.98. The molecule has 0 N–H and O–H groups in total. The van der Waals surface area contributed by atoms with E-state index in [9.17, 15) is 23.2 Å². The van der Waals surface area contributed by atoms with Crippen molar-refractivity contribution in [3.63, 3.8) is 0 Å². The fraction of sp³-hybridized carbons (Fsp3) is 0.273. The first-order chi connectivity index (χ1) is 28.2. The number of esters is 1. The molecule has 2 saturated heterocycles. The van der Waals surface area contributed by atoms with Crippen molar-refractivity contribution in [2.24, 2.45) is 5.92 Å². The number of likely N-dealkylation sites (tertiary alicyclic amines) is 1. The van der Waals surface area contributed by atoms with Crippen LogP contribution in [0.1, 0.15) is 40.7 Å². The lowest BCUT2D eigenvalue weighted by atomic mass is 9.97. The number of pyridine rings is 1. The molecule has 0 spiro atoms. The van der Waals surface area contributed by atoms with E-state index < -0.39 is 0 Å². The molecule has 3 aromatic carbocycles. The van der Waals surface area contributed by atoms with Gasteiger partial charge in [-0.1, -0.05) is 30.3 Å². The van der Waals surface area contributed by atoms with E-state index in [1.165, 1.54) is 24.3 Å². The molecule has 5 heterocycles. The van der Waals surface area contributed by atoms with Crippen molar-refractivity contribution in [3.8, 4) is 33.9 Å². The second-order valence-electron chi connectivity index (χ2n) is 14.1. The number of ether oxygens (including phenoxy) is 1. The first-order valence-electron chi connectivity index (χ1n) is 19.3. The number of halogens is 2.